The molecule has 0 aromatic heterocycles. The Kier molecular flexibility index (Phi) is 5.76. The van der Waals surface area contributed by atoms with Crippen LogP contribution in [-0.2, 0) is 0 Å². The molecule has 0 unspecified atom stereocenters. The van der Waals surface area contributed by atoms with Crippen molar-refractivity contribution in [3.8, 4) is 22.3 Å². The molecule has 0 radical (unpaired) electrons. The molecule has 0 heteroatoms. The first-order chi connectivity index (χ1) is 24.8. The van der Waals surface area contributed by atoms with Gasteiger partial charge in [0, 0.05) is 0 Å². The van der Waals surface area contributed by atoms with E-state index in [-0.39, 0.29) is 0 Å². The standard InChI is InChI=1S/C50H30/c1-2-8-39-31(7-1)19-25-46-45(39)24-20-33-14-16-35(29-49(33)46)34-21-23-40-38(27-34)18-15-32-13-17-36(28-48(32)40)37-22-26-47-43-11-4-3-9-41(43)42-10-5-6-12-44(42)50(47)30-37/h1-30H. The number of hydrogen-bond acceptors (Lipinski definition) is 0. The van der Waals surface area contributed by atoms with E-state index in [1.165, 1.54) is 108 Å². The third-order valence-corrected chi connectivity index (χ3v) is 11.0. The minimum atomic E-state index is 1.24. The number of fused-ring (bicyclic) bond motifs is 14. The van der Waals surface area contributed by atoms with Gasteiger partial charge in [-0.2, -0.15) is 0 Å². The predicted molar refractivity (Wildman–Crippen MR) is 217 cm³/mol. The highest BCUT2D eigenvalue weighted by Crippen LogP contribution is 2.39. The first-order valence-corrected chi connectivity index (χ1v) is 17.4. The minimum Gasteiger partial charge on any atom is -0.0616 e. The van der Waals surface area contributed by atoms with Gasteiger partial charge in [-0.25, -0.2) is 0 Å². The molecule has 0 heterocycles. The highest BCUT2D eigenvalue weighted by Gasteiger charge is 2.12. The summed E-state index contributed by atoms with van der Waals surface area (Å²) in [5, 5.41) is 20.7. The third-order valence-electron chi connectivity index (χ3n) is 11.0. The van der Waals surface area contributed by atoms with Gasteiger partial charge in [0.2, 0.25) is 0 Å². The van der Waals surface area contributed by atoms with Crippen molar-refractivity contribution in [3.05, 3.63) is 182 Å². The van der Waals surface area contributed by atoms with Crippen molar-refractivity contribution in [2.24, 2.45) is 0 Å². The van der Waals surface area contributed by atoms with Gasteiger partial charge >= 0.3 is 0 Å². The van der Waals surface area contributed by atoms with E-state index >= 15 is 0 Å². The van der Waals surface area contributed by atoms with Crippen LogP contribution < -0.4 is 0 Å². The fourth-order valence-corrected chi connectivity index (χ4v) is 8.50. The highest BCUT2D eigenvalue weighted by molar-refractivity contribution is 6.26. The van der Waals surface area contributed by atoms with E-state index in [1.54, 1.807) is 0 Å². The minimum absolute atomic E-state index is 1.24. The van der Waals surface area contributed by atoms with Gasteiger partial charge in [-0.1, -0.05) is 158 Å². The van der Waals surface area contributed by atoms with E-state index < -0.39 is 0 Å². The Balaban J connectivity index is 1.04. The van der Waals surface area contributed by atoms with Crippen molar-refractivity contribution in [1.29, 1.82) is 0 Å². The van der Waals surface area contributed by atoms with Gasteiger partial charge in [0.05, 0.1) is 0 Å². The maximum atomic E-state index is 2.39. The lowest BCUT2D eigenvalue weighted by Crippen LogP contribution is -1.86. The Hall–Kier alpha value is -6.50. The van der Waals surface area contributed by atoms with Crippen LogP contribution in [0.2, 0.25) is 0 Å². The van der Waals surface area contributed by atoms with E-state index in [2.05, 4.69) is 182 Å². The molecular formula is C50H30. The lowest BCUT2D eigenvalue weighted by molar-refractivity contribution is 1.68. The molecule has 0 spiro atoms. The van der Waals surface area contributed by atoms with Crippen LogP contribution in [0.15, 0.2) is 182 Å². The Bertz CT molecular complexity index is 3160. The van der Waals surface area contributed by atoms with E-state index in [4.69, 9.17) is 0 Å². The van der Waals surface area contributed by atoms with E-state index in [1.807, 2.05) is 0 Å². The fraction of sp³-hybridized carbons (Fsp3) is 0. The predicted octanol–water partition coefficient (Wildman–Crippen LogP) is 14.2. The molecule has 0 aliphatic heterocycles. The molecule has 0 aliphatic rings. The van der Waals surface area contributed by atoms with Gasteiger partial charge in [-0.3, -0.25) is 0 Å². The Morgan fingerprint density at radius 3 is 1.10 bits per heavy atom. The maximum absolute atomic E-state index is 2.39. The molecular weight excluding hydrogens is 601 g/mol. The second-order valence-corrected chi connectivity index (χ2v) is 13.7. The molecule has 11 aromatic carbocycles. The van der Waals surface area contributed by atoms with Gasteiger partial charge in [0.25, 0.3) is 0 Å². The van der Waals surface area contributed by atoms with Gasteiger partial charge < -0.3 is 0 Å². The average molecular weight is 631 g/mol. The molecule has 0 amide bonds. The summed E-state index contributed by atoms with van der Waals surface area (Å²) in [6, 6.07) is 67.7. The van der Waals surface area contributed by atoms with Crippen LogP contribution in [0.5, 0.6) is 0 Å². The molecule has 0 aliphatic carbocycles. The summed E-state index contributed by atoms with van der Waals surface area (Å²) in [4.78, 5) is 0. The number of benzene rings is 11. The SMILES string of the molecule is c1ccc2c(c1)ccc1c3cc(-c4ccc5c(ccc6ccc(-c7ccc8c9ccccc9c9ccccc9c8c7)cc65)c4)ccc3ccc21. The molecule has 0 atom stereocenters. The molecule has 11 aromatic rings. The van der Waals surface area contributed by atoms with Gasteiger partial charge in [-0.15, -0.1) is 0 Å². The fourth-order valence-electron chi connectivity index (χ4n) is 8.50. The van der Waals surface area contributed by atoms with Crippen LogP contribution in [-0.4, -0.2) is 0 Å². The van der Waals surface area contributed by atoms with Crippen LogP contribution in [0, 0.1) is 0 Å². The van der Waals surface area contributed by atoms with Crippen LogP contribution >= 0.6 is 0 Å². The first-order valence-electron chi connectivity index (χ1n) is 17.4. The summed E-state index contributed by atoms with van der Waals surface area (Å²) >= 11 is 0. The summed E-state index contributed by atoms with van der Waals surface area (Å²) in [7, 11) is 0. The molecule has 230 valence electrons. The Morgan fingerprint density at radius 2 is 0.460 bits per heavy atom. The lowest BCUT2D eigenvalue weighted by atomic mass is 9.91. The van der Waals surface area contributed by atoms with Gasteiger partial charge in [0.1, 0.15) is 0 Å². The first kappa shape index (κ1) is 27.5. The summed E-state index contributed by atoms with van der Waals surface area (Å²) < 4.78 is 0. The van der Waals surface area contributed by atoms with Crippen molar-refractivity contribution in [1.82, 2.24) is 0 Å². The average Bonchev–Trinajstić information content (AvgIpc) is 3.19. The van der Waals surface area contributed by atoms with Crippen molar-refractivity contribution in [2.75, 3.05) is 0 Å². The van der Waals surface area contributed by atoms with E-state index in [9.17, 15) is 0 Å². The summed E-state index contributed by atoms with van der Waals surface area (Å²) in [6.45, 7) is 0. The summed E-state index contributed by atoms with van der Waals surface area (Å²) in [5.74, 6) is 0. The molecule has 0 nitrogen and oxygen atoms in total. The van der Waals surface area contributed by atoms with Crippen molar-refractivity contribution < 1.29 is 0 Å². The molecule has 50 heavy (non-hydrogen) atoms. The second-order valence-electron chi connectivity index (χ2n) is 13.7. The van der Waals surface area contributed by atoms with E-state index in [0.717, 1.165) is 0 Å². The zero-order valence-corrected chi connectivity index (χ0v) is 27.3. The monoisotopic (exact) mass is 630 g/mol. The number of rotatable bonds is 2. The number of hydrogen-bond donors (Lipinski definition) is 0. The highest BCUT2D eigenvalue weighted by atomic mass is 14.2. The molecule has 0 saturated heterocycles. The van der Waals surface area contributed by atoms with Crippen molar-refractivity contribution >= 4 is 86.2 Å². The largest absolute Gasteiger partial charge is 0.0616 e. The Morgan fingerprint density at radius 1 is 0.160 bits per heavy atom. The second kappa shape index (κ2) is 10.5. The summed E-state index contributed by atoms with van der Waals surface area (Å²) in [5.41, 5.74) is 4.96. The van der Waals surface area contributed by atoms with Crippen LogP contribution in [0.3, 0.4) is 0 Å². The van der Waals surface area contributed by atoms with Crippen molar-refractivity contribution in [2.45, 2.75) is 0 Å². The van der Waals surface area contributed by atoms with Crippen LogP contribution in [0.25, 0.3) is 108 Å². The summed E-state index contributed by atoms with van der Waals surface area (Å²) in [6.07, 6.45) is 0. The van der Waals surface area contributed by atoms with Gasteiger partial charge in [-0.05, 0) is 133 Å². The lowest BCUT2D eigenvalue weighted by Gasteiger charge is -2.13. The van der Waals surface area contributed by atoms with E-state index in [0.29, 0.717) is 0 Å². The van der Waals surface area contributed by atoms with Crippen molar-refractivity contribution in [3.63, 3.8) is 0 Å². The normalized spacial score (nSPS) is 12.0. The van der Waals surface area contributed by atoms with Crippen LogP contribution in [0.1, 0.15) is 0 Å². The zero-order chi connectivity index (χ0) is 32.8. The smallest absolute Gasteiger partial charge is 0.00928 e. The molecule has 0 fully saturated rings. The topological polar surface area (TPSA) is 0 Å². The molecule has 0 saturated carbocycles. The molecule has 0 bridgehead atoms. The molecule has 11 rings (SSSR count). The van der Waals surface area contributed by atoms with Gasteiger partial charge in [0.15, 0.2) is 0 Å². The van der Waals surface area contributed by atoms with Crippen LogP contribution in [0.4, 0.5) is 0 Å². The Labute approximate surface area is 289 Å². The third kappa shape index (κ3) is 4.06. The molecule has 0 N–H and O–H groups in total. The maximum Gasteiger partial charge on any atom is -0.00928 e. The zero-order valence-electron chi connectivity index (χ0n) is 27.3. The quantitative estimate of drug-likeness (QED) is 0.167.